The predicted octanol–water partition coefficient (Wildman–Crippen LogP) is 3.77. The van der Waals surface area contributed by atoms with Crippen LogP contribution in [0.25, 0.3) is 0 Å². The fraction of sp³-hybridized carbons (Fsp3) is 0.448. The molecule has 3 aliphatic rings. The van der Waals surface area contributed by atoms with E-state index in [0.29, 0.717) is 24.9 Å². The SMILES string of the molecule is COc1cccc2c1OCCCN(C1CCc3c(c(C(=O)N4CCc5ccccc5C4)nn3C)C1)C2. The van der Waals surface area contributed by atoms with Crippen molar-refractivity contribution in [2.75, 3.05) is 26.8 Å². The Labute approximate surface area is 212 Å². The summed E-state index contributed by atoms with van der Waals surface area (Å²) < 4.78 is 13.6. The van der Waals surface area contributed by atoms with Crippen molar-refractivity contribution < 1.29 is 14.3 Å². The van der Waals surface area contributed by atoms with Gasteiger partial charge in [0.2, 0.25) is 0 Å². The van der Waals surface area contributed by atoms with Gasteiger partial charge in [0.05, 0.1) is 13.7 Å². The van der Waals surface area contributed by atoms with Gasteiger partial charge in [0.25, 0.3) is 5.91 Å². The minimum absolute atomic E-state index is 0.0677. The average Bonchev–Trinajstić information content (AvgIpc) is 3.23. The normalized spacial score (nSPS) is 19.8. The van der Waals surface area contributed by atoms with Gasteiger partial charge in [0.1, 0.15) is 0 Å². The number of carbonyl (C=O) groups excluding carboxylic acids is 1. The van der Waals surface area contributed by atoms with Gasteiger partial charge in [0, 0.05) is 56.1 Å². The van der Waals surface area contributed by atoms with E-state index in [1.165, 1.54) is 16.8 Å². The number of aromatic nitrogens is 2. The molecule has 3 aromatic rings. The number of carbonyl (C=O) groups is 1. The van der Waals surface area contributed by atoms with Gasteiger partial charge in [-0.15, -0.1) is 0 Å². The van der Waals surface area contributed by atoms with Crippen LogP contribution in [0.4, 0.5) is 0 Å². The fourth-order valence-electron chi connectivity index (χ4n) is 6.14. The molecule has 7 nitrogen and oxygen atoms in total. The van der Waals surface area contributed by atoms with Crippen LogP contribution in [0.15, 0.2) is 42.5 Å². The third-order valence-corrected chi connectivity index (χ3v) is 8.06. The molecule has 1 amide bonds. The number of amides is 1. The molecular weight excluding hydrogens is 452 g/mol. The molecular formula is C29H34N4O3. The Balaban J connectivity index is 1.25. The van der Waals surface area contributed by atoms with E-state index in [9.17, 15) is 4.79 Å². The van der Waals surface area contributed by atoms with Gasteiger partial charge in [-0.25, -0.2) is 0 Å². The summed E-state index contributed by atoms with van der Waals surface area (Å²) in [6, 6.07) is 15.0. The number of hydrogen-bond acceptors (Lipinski definition) is 5. The van der Waals surface area contributed by atoms with Crippen LogP contribution in [0.1, 0.15) is 51.3 Å². The number of aryl methyl sites for hydroxylation is 1. The van der Waals surface area contributed by atoms with Crippen LogP contribution in [0.5, 0.6) is 11.5 Å². The fourth-order valence-corrected chi connectivity index (χ4v) is 6.14. The minimum atomic E-state index is 0.0677. The number of hydrogen-bond donors (Lipinski definition) is 0. The third kappa shape index (κ3) is 4.15. The first kappa shape index (κ1) is 23.1. The van der Waals surface area contributed by atoms with E-state index in [1.807, 2.05) is 28.8 Å². The molecule has 1 unspecified atom stereocenters. The highest BCUT2D eigenvalue weighted by Crippen LogP contribution is 2.35. The second kappa shape index (κ2) is 9.62. The molecule has 3 heterocycles. The first-order chi connectivity index (χ1) is 17.6. The van der Waals surface area contributed by atoms with E-state index in [4.69, 9.17) is 14.6 Å². The Bertz CT molecular complexity index is 1280. The van der Waals surface area contributed by atoms with Gasteiger partial charge in [-0.3, -0.25) is 14.4 Å². The molecule has 36 heavy (non-hydrogen) atoms. The van der Waals surface area contributed by atoms with Crippen molar-refractivity contribution in [2.24, 2.45) is 7.05 Å². The van der Waals surface area contributed by atoms with E-state index >= 15 is 0 Å². The first-order valence-electron chi connectivity index (χ1n) is 13.1. The van der Waals surface area contributed by atoms with Crippen molar-refractivity contribution >= 4 is 5.91 Å². The number of ether oxygens (including phenoxy) is 2. The maximum absolute atomic E-state index is 13.7. The second-order valence-electron chi connectivity index (χ2n) is 10.2. The average molecular weight is 487 g/mol. The zero-order valence-electron chi connectivity index (χ0n) is 21.2. The molecule has 6 rings (SSSR count). The third-order valence-electron chi connectivity index (χ3n) is 8.06. The van der Waals surface area contributed by atoms with Gasteiger partial charge in [-0.2, -0.15) is 5.10 Å². The summed E-state index contributed by atoms with van der Waals surface area (Å²) in [6.45, 7) is 3.88. The molecule has 1 aromatic heterocycles. The van der Waals surface area contributed by atoms with Crippen LogP contribution >= 0.6 is 0 Å². The summed E-state index contributed by atoms with van der Waals surface area (Å²) in [4.78, 5) is 18.3. The van der Waals surface area contributed by atoms with Crippen LogP contribution in [0, 0.1) is 0 Å². The van der Waals surface area contributed by atoms with Crippen LogP contribution in [-0.2, 0) is 39.4 Å². The summed E-state index contributed by atoms with van der Waals surface area (Å²) in [7, 11) is 3.68. The molecule has 0 spiro atoms. The van der Waals surface area contributed by atoms with Crippen molar-refractivity contribution in [3.05, 3.63) is 76.1 Å². The van der Waals surface area contributed by atoms with E-state index < -0.39 is 0 Å². The molecule has 7 heteroatoms. The van der Waals surface area contributed by atoms with Gasteiger partial charge < -0.3 is 14.4 Å². The van der Waals surface area contributed by atoms with Crippen molar-refractivity contribution in [3.63, 3.8) is 0 Å². The number of benzene rings is 2. The number of methoxy groups -OCH3 is 1. The quantitative estimate of drug-likeness (QED) is 0.564. The van der Waals surface area contributed by atoms with E-state index in [-0.39, 0.29) is 5.91 Å². The lowest BCUT2D eigenvalue weighted by Crippen LogP contribution is -2.41. The molecule has 1 aliphatic carbocycles. The molecule has 0 bridgehead atoms. The van der Waals surface area contributed by atoms with Crippen LogP contribution < -0.4 is 9.47 Å². The van der Waals surface area contributed by atoms with E-state index in [0.717, 1.165) is 74.4 Å². The summed E-state index contributed by atoms with van der Waals surface area (Å²) in [6.07, 6.45) is 4.73. The largest absolute Gasteiger partial charge is 0.493 e. The smallest absolute Gasteiger partial charge is 0.274 e. The molecule has 0 N–H and O–H groups in total. The molecule has 0 saturated carbocycles. The topological polar surface area (TPSA) is 59.8 Å². The van der Waals surface area contributed by atoms with Crippen molar-refractivity contribution in [1.29, 1.82) is 0 Å². The number of fused-ring (bicyclic) bond motifs is 3. The predicted molar refractivity (Wildman–Crippen MR) is 137 cm³/mol. The highest BCUT2D eigenvalue weighted by Gasteiger charge is 2.34. The van der Waals surface area contributed by atoms with Gasteiger partial charge >= 0.3 is 0 Å². The molecule has 0 saturated heterocycles. The van der Waals surface area contributed by atoms with Crippen LogP contribution in [-0.4, -0.2) is 58.3 Å². The van der Waals surface area contributed by atoms with Crippen LogP contribution in [0.3, 0.4) is 0 Å². The van der Waals surface area contributed by atoms with Crippen molar-refractivity contribution in [2.45, 2.75) is 51.2 Å². The van der Waals surface area contributed by atoms with Crippen LogP contribution in [0.2, 0.25) is 0 Å². The maximum Gasteiger partial charge on any atom is 0.274 e. The lowest BCUT2D eigenvalue weighted by Gasteiger charge is -2.36. The highest BCUT2D eigenvalue weighted by molar-refractivity contribution is 5.94. The summed E-state index contributed by atoms with van der Waals surface area (Å²) in [5.74, 6) is 1.73. The standard InChI is InChI=1S/C29H34N4O3/c1-31-25-12-11-23(32-14-6-16-36-28-22(19-32)9-5-10-26(28)35-2)17-24(25)27(30-31)29(34)33-15-13-20-7-3-4-8-21(20)18-33/h3-5,7-10,23H,6,11-19H2,1-2H3. The zero-order valence-corrected chi connectivity index (χ0v) is 21.2. The Morgan fingerprint density at radius 2 is 1.86 bits per heavy atom. The van der Waals surface area contributed by atoms with Crippen molar-refractivity contribution in [3.8, 4) is 11.5 Å². The molecule has 1 atom stereocenters. The van der Waals surface area contributed by atoms with Gasteiger partial charge in [-0.1, -0.05) is 36.4 Å². The Morgan fingerprint density at radius 3 is 2.72 bits per heavy atom. The lowest BCUT2D eigenvalue weighted by molar-refractivity contribution is 0.0725. The Kier molecular flexibility index (Phi) is 6.17. The van der Waals surface area contributed by atoms with Gasteiger partial charge in [0.15, 0.2) is 17.2 Å². The minimum Gasteiger partial charge on any atom is -0.493 e. The van der Waals surface area contributed by atoms with Crippen molar-refractivity contribution in [1.82, 2.24) is 19.6 Å². The molecule has 0 fully saturated rings. The summed E-state index contributed by atoms with van der Waals surface area (Å²) in [5, 5.41) is 4.77. The summed E-state index contributed by atoms with van der Waals surface area (Å²) >= 11 is 0. The molecule has 2 aliphatic heterocycles. The monoisotopic (exact) mass is 486 g/mol. The van der Waals surface area contributed by atoms with E-state index in [2.05, 4.69) is 35.2 Å². The lowest BCUT2D eigenvalue weighted by atomic mass is 9.89. The molecule has 188 valence electrons. The highest BCUT2D eigenvalue weighted by atomic mass is 16.5. The zero-order chi connectivity index (χ0) is 24.6. The Hall–Kier alpha value is -3.32. The Morgan fingerprint density at radius 1 is 1.03 bits per heavy atom. The summed E-state index contributed by atoms with van der Waals surface area (Å²) in [5.41, 5.74) is 6.76. The number of rotatable bonds is 3. The number of nitrogens with zero attached hydrogens (tertiary/aromatic N) is 4. The molecule has 2 aromatic carbocycles. The van der Waals surface area contributed by atoms with Gasteiger partial charge in [-0.05, 0) is 49.3 Å². The number of para-hydroxylation sites is 1. The second-order valence-corrected chi connectivity index (χ2v) is 10.2. The maximum atomic E-state index is 13.7. The molecule has 0 radical (unpaired) electrons. The first-order valence-corrected chi connectivity index (χ1v) is 13.1. The van der Waals surface area contributed by atoms with E-state index in [1.54, 1.807) is 7.11 Å².